The van der Waals surface area contributed by atoms with Gasteiger partial charge in [0.1, 0.15) is 0 Å². The molecule has 0 bridgehead atoms. The summed E-state index contributed by atoms with van der Waals surface area (Å²) in [5.74, 6) is -0.0668. The minimum atomic E-state index is -0.203. The summed E-state index contributed by atoms with van der Waals surface area (Å²) in [6.45, 7) is 2.23. The van der Waals surface area contributed by atoms with E-state index in [1.54, 1.807) is 23.6 Å². The molecule has 1 aliphatic heterocycles. The Morgan fingerprint density at radius 3 is 2.76 bits per heavy atom. The Labute approximate surface area is 152 Å². The quantitative estimate of drug-likeness (QED) is 0.848. The van der Waals surface area contributed by atoms with Gasteiger partial charge in [-0.25, -0.2) is 0 Å². The Kier molecular flexibility index (Phi) is 5.43. The number of anilines is 1. The molecule has 0 spiro atoms. The van der Waals surface area contributed by atoms with Crippen LogP contribution in [0.3, 0.4) is 0 Å². The summed E-state index contributed by atoms with van der Waals surface area (Å²) in [5.41, 5.74) is 3.09. The van der Waals surface area contributed by atoms with Crippen molar-refractivity contribution in [2.75, 3.05) is 18.1 Å². The van der Waals surface area contributed by atoms with Crippen LogP contribution in [0.1, 0.15) is 30.5 Å². The lowest BCUT2D eigenvalue weighted by atomic mass is 9.90. The molecule has 0 aromatic heterocycles. The lowest BCUT2D eigenvalue weighted by molar-refractivity contribution is -0.132. The number of carbonyl (C=O) groups excluding carboxylic acids is 2. The van der Waals surface area contributed by atoms with Crippen LogP contribution in [0.4, 0.5) is 5.69 Å². The number of nitrogens with one attached hydrogen (secondary N) is 1. The van der Waals surface area contributed by atoms with Crippen molar-refractivity contribution in [2.24, 2.45) is 0 Å². The number of amides is 2. The van der Waals surface area contributed by atoms with Gasteiger partial charge in [-0.2, -0.15) is 0 Å². The molecule has 2 aromatic rings. The fraction of sp³-hybridized carbons (Fsp3) is 0.300. The molecule has 2 amide bonds. The van der Waals surface area contributed by atoms with Crippen LogP contribution in [0.15, 0.2) is 53.4 Å². The topological polar surface area (TPSA) is 49.4 Å². The van der Waals surface area contributed by atoms with Crippen LogP contribution >= 0.6 is 11.8 Å². The molecular formula is C20H22N2O2S. The van der Waals surface area contributed by atoms with Crippen molar-refractivity contribution in [3.05, 3.63) is 59.7 Å². The molecule has 5 heteroatoms. The van der Waals surface area contributed by atoms with Crippen LogP contribution in [0.2, 0.25) is 0 Å². The first kappa shape index (κ1) is 17.5. The number of thioether (sulfide) groups is 1. The normalized spacial score (nSPS) is 16.2. The highest BCUT2D eigenvalue weighted by molar-refractivity contribution is 7.98. The third kappa shape index (κ3) is 4.04. The van der Waals surface area contributed by atoms with Gasteiger partial charge in [0.2, 0.25) is 11.8 Å². The zero-order chi connectivity index (χ0) is 17.8. The first-order valence-corrected chi connectivity index (χ1v) is 9.60. The maximum Gasteiger partial charge on any atom is 0.226 e. The van der Waals surface area contributed by atoms with Gasteiger partial charge in [0.25, 0.3) is 0 Å². The van der Waals surface area contributed by atoms with Gasteiger partial charge in [-0.1, -0.05) is 30.3 Å². The van der Waals surface area contributed by atoms with Crippen molar-refractivity contribution in [2.45, 2.75) is 30.7 Å². The van der Waals surface area contributed by atoms with Gasteiger partial charge >= 0.3 is 0 Å². The van der Waals surface area contributed by atoms with Crippen LogP contribution in [-0.2, 0) is 16.0 Å². The number of hydrogen-bond donors (Lipinski definition) is 1. The average molecular weight is 354 g/mol. The Bertz CT molecular complexity index is 791. The van der Waals surface area contributed by atoms with Crippen molar-refractivity contribution in [1.82, 2.24) is 4.90 Å². The fourth-order valence-corrected chi connectivity index (χ4v) is 3.80. The van der Waals surface area contributed by atoms with E-state index in [1.165, 1.54) is 5.56 Å². The molecule has 0 saturated carbocycles. The number of benzene rings is 2. The molecule has 0 fully saturated rings. The number of rotatable bonds is 4. The number of hydrogen-bond acceptors (Lipinski definition) is 3. The second-order valence-electron chi connectivity index (χ2n) is 6.16. The Balaban J connectivity index is 1.79. The predicted molar refractivity (Wildman–Crippen MR) is 102 cm³/mol. The summed E-state index contributed by atoms with van der Waals surface area (Å²) in [6.07, 6.45) is 3.11. The molecule has 25 heavy (non-hydrogen) atoms. The fourth-order valence-electron chi connectivity index (χ4n) is 3.34. The van der Waals surface area contributed by atoms with Crippen LogP contribution in [0, 0.1) is 0 Å². The van der Waals surface area contributed by atoms with Crippen molar-refractivity contribution in [3.63, 3.8) is 0 Å². The van der Waals surface area contributed by atoms with Crippen molar-refractivity contribution in [1.29, 1.82) is 0 Å². The summed E-state index contributed by atoms with van der Waals surface area (Å²) >= 11 is 1.64. The maximum atomic E-state index is 12.6. The van der Waals surface area contributed by atoms with E-state index in [0.717, 1.165) is 22.6 Å². The summed E-state index contributed by atoms with van der Waals surface area (Å²) in [6, 6.07) is 15.7. The highest BCUT2D eigenvalue weighted by Crippen LogP contribution is 2.32. The van der Waals surface area contributed by atoms with Crippen LogP contribution in [0.25, 0.3) is 0 Å². The number of carbonyl (C=O) groups is 2. The van der Waals surface area contributed by atoms with Crippen molar-refractivity contribution < 1.29 is 9.59 Å². The number of nitrogens with zero attached hydrogens (tertiary/aromatic N) is 1. The largest absolute Gasteiger partial charge is 0.335 e. The summed E-state index contributed by atoms with van der Waals surface area (Å²) < 4.78 is 0. The van der Waals surface area contributed by atoms with Gasteiger partial charge in [0, 0.05) is 24.1 Å². The first-order chi connectivity index (χ1) is 12.1. The highest BCUT2D eigenvalue weighted by atomic mass is 32.2. The second kappa shape index (κ2) is 7.74. The van der Waals surface area contributed by atoms with Gasteiger partial charge < -0.3 is 10.2 Å². The van der Waals surface area contributed by atoms with Crippen molar-refractivity contribution in [3.8, 4) is 0 Å². The van der Waals surface area contributed by atoms with Crippen LogP contribution < -0.4 is 5.32 Å². The van der Waals surface area contributed by atoms with Crippen LogP contribution in [0.5, 0.6) is 0 Å². The molecule has 1 N–H and O–H groups in total. The summed E-state index contributed by atoms with van der Waals surface area (Å²) in [4.78, 5) is 27.5. The van der Waals surface area contributed by atoms with Crippen LogP contribution in [-0.4, -0.2) is 29.5 Å². The minimum Gasteiger partial charge on any atom is -0.335 e. The third-order valence-corrected chi connectivity index (χ3v) is 5.27. The van der Waals surface area contributed by atoms with Gasteiger partial charge in [0.05, 0.1) is 12.5 Å². The minimum absolute atomic E-state index is 0.0108. The molecule has 1 atom stereocenters. The Hall–Kier alpha value is -2.27. The predicted octanol–water partition coefficient (Wildman–Crippen LogP) is 3.88. The van der Waals surface area contributed by atoms with E-state index < -0.39 is 0 Å². The monoisotopic (exact) mass is 354 g/mol. The maximum absolute atomic E-state index is 12.6. The molecule has 0 saturated heterocycles. The molecule has 0 radical (unpaired) electrons. The Morgan fingerprint density at radius 2 is 2.00 bits per heavy atom. The van der Waals surface area contributed by atoms with Crippen molar-refractivity contribution >= 4 is 29.3 Å². The standard InChI is InChI=1S/C20H22N2O2S/c1-14(23)22-11-10-15-6-3-4-9-18(15)19(22)13-20(24)21-16-7-5-8-17(12-16)25-2/h3-9,12,19H,10-11,13H2,1-2H3,(H,21,24). The molecule has 2 aromatic carbocycles. The number of fused-ring (bicyclic) bond motifs is 1. The van der Waals surface area contributed by atoms with E-state index in [9.17, 15) is 9.59 Å². The van der Waals surface area contributed by atoms with Gasteiger partial charge in [0.15, 0.2) is 0 Å². The van der Waals surface area contributed by atoms with E-state index in [4.69, 9.17) is 0 Å². The van der Waals surface area contributed by atoms with Gasteiger partial charge in [-0.3, -0.25) is 9.59 Å². The smallest absolute Gasteiger partial charge is 0.226 e. The first-order valence-electron chi connectivity index (χ1n) is 8.37. The lowest BCUT2D eigenvalue weighted by Crippen LogP contribution is -2.40. The molecule has 3 rings (SSSR count). The molecule has 130 valence electrons. The van der Waals surface area contributed by atoms with E-state index in [2.05, 4.69) is 11.4 Å². The molecule has 1 unspecified atom stereocenters. The van der Waals surface area contributed by atoms with E-state index >= 15 is 0 Å². The third-order valence-electron chi connectivity index (χ3n) is 4.55. The van der Waals surface area contributed by atoms with E-state index in [-0.39, 0.29) is 24.3 Å². The Morgan fingerprint density at radius 1 is 1.20 bits per heavy atom. The molecule has 1 aliphatic rings. The SMILES string of the molecule is CSc1cccc(NC(=O)CC2c3ccccc3CCN2C(C)=O)c1. The molecule has 0 aliphatic carbocycles. The van der Waals surface area contributed by atoms with Gasteiger partial charge in [-0.15, -0.1) is 11.8 Å². The molecular weight excluding hydrogens is 332 g/mol. The zero-order valence-electron chi connectivity index (χ0n) is 14.5. The average Bonchev–Trinajstić information content (AvgIpc) is 2.61. The van der Waals surface area contributed by atoms with E-state index in [0.29, 0.717) is 6.54 Å². The summed E-state index contributed by atoms with van der Waals surface area (Å²) in [7, 11) is 0. The lowest BCUT2D eigenvalue weighted by Gasteiger charge is -2.36. The summed E-state index contributed by atoms with van der Waals surface area (Å²) in [5, 5.41) is 2.96. The highest BCUT2D eigenvalue weighted by Gasteiger charge is 2.30. The molecule has 1 heterocycles. The molecule has 4 nitrogen and oxygen atoms in total. The zero-order valence-corrected chi connectivity index (χ0v) is 15.3. The second-order valence-corrected chi connectivity index (χ2v) is 7.04. The van der Waals surface area contributed by atoms with E-state index in [1.807, 2.05) is 48.7 Å². The van der Waals surface area contributed by atoms with Gasteiger partial charge in [-0.05, 0) is 42.0 Å².